The van der Waals surface area contributed by atoms with Gasteiger partial charge < -0.3 is 15.4 Å². The number of fused-ring (bicyclic) bond motifs is 1. The van der Waals surface area contributed by atoms with Gasteiger partial charge in [-0.25, -0.2) is 0 Å². The van der Waals surface area contributed by atoms with E-state index < -0.39 is 17.8 Å². The maximum absolute atomic E-state index is 13.4. The molecule has 0 unspecified atom stereocenters. The molecule has 1 aliphatic heterocycles. The number of anilines is 1. The Morgan fingerprint density at radius 3 is 2.33 bits per heavy atom. The lowest BCUT2D eigenvalue weighted by atomic mass is 10.1. The smallest absolute Gasteiger partial charge is 0.316 e. The molecule has 9 heteroatoms. The molecule has 3 N–H and O–H groups in total. The van der Waals surface area contributed by atoms with Gasteiger partial charge in [0, 0.05) is 40.5 Å². The zero-order valence-corrected chi connectivity index (χ0v) is 22.1. The van der Waals surface area contributed by atoms with Crippen molar-refractivity contribution in [3.63, 3.8) is 0 Å². The van der Waals surface area contributed by atoms with Crippen LogP contribution in [0, 0.1) is 17.3 Å². The number of ether oxygens (including phenoxy) is 1. The van der Waals surface area contributed by atoms with Crippen molar-refractivity contribution in [2.24, 2.45) is 5.73 Å². The number of nitrogens with zero attached hydrogens (tertiary/aromatic N) is 2. The molecule has 39 heavy (non-hydrogen) atoms. The van der Waals surface area contributed by atoms with Crippen LogP contribution in [0.1, 0.15) is 41.2 Å². The fourth-order valence-electron chi connectivity index (χ4n) is 4.14. The van der Waals surface area contributed by atoms with Crippen molar-refractivity contribution >= 4 is 40.9 Å². The van der Waals surface area contributed by atoms with Crippen LogP contribution in [0.2, 0.25) is 5.02 Å². The molecule has 8 nitrogen and oxygen atoms in total. The number of halogens is 1. The van der Waals surface area contributed by atoms with Gasteiger partial charge in [-0.15, -0.1) is 0 Å². The maximum Gasteiger partial charge on any atom is 0.316 e. The zero-order valence-electron chi connectivity index (χ0n) is 21.4. The molecule has 3 aromatic rings. The van der Waals surface area contributed by atoms with E-state index in [1.807, 2.05) is 6.07 Å². The molecule has 0 atom stereocenters. The van der Waals surface area contributed by atoms with Crippen molar-refractivity contribution in [2.45, 2.75) is 26.4 Å². The molecule has 0 radical (unpaired) electrons. The molecule has 0 bridgehead atoms. The Morgan fingerprint density at radius 1 is 1.00 bits per heavy atom. The molecular weight excluding hydrogens is 516 g/mol. The van der Waals surface area contributed by atoms with E-state index in [-0.39, 0.29) is 38.5 Å². The fourth-order valence-corrected chi connectivity index (χ4v) is 4.26. The van der Waals surface area contributed by atoms with Gasteiger partial charge in [-0.05, 0) is 60.5 Å². The first kappa shape index (κ1) is 27.4. The van der Waals surface area contributed by atoms with Gasteiger partial charge in [-0.3, -0.25) is 24.7 Å². The molecule has 0 fully saturated rings. The van der Waals surface area contributed by atoms with Crippen LogP contribution in [0.4, 0.5) is 5.69 Å². The van der Waals surface area contributed by atoms with E-state index in [2.05, 4.69) is 11.8 Å². The lowest BCUT2D eigenvalue weighted by Gasteiger charge is -2.22. The van der Waals surface area contributed by atoms with E-state index in [0.29, 0.717) is 21.8 Å². The monoisotopic (exact) mass is 542 g/mol. The average Bonchev–Trinajstić information content (AvgIpc) is 3.02. The van der Waals surface area contributed by atoms with Gasteiger partial charge in [0.05, 0.1) is 19.6 Å². The first-order valence-corrected chi connectivity index (χ1v) is 12.7. The number of carbonyl (C=O) groups excluding carboxylic acids is 3. The van der Waals surface area contributed by atoms with E-state index in [1.54, 1.807) is 67.6 Å². The van der Waals surface area contributed by atoms with Crippen LogP contribution in [0.15, 0.2) is 66.7 Å². The van der Waals surface area contributed by atoms with Gasteiger partial charge in [0.2, 0.25) is 0 Å². The summed E-state index contributed by atoms with van der Waals surface area (Å²) in [5.74, 6) is 4.39. The normalized spacial score (nSPS) is 12.8. The van der Waals surface area contributed by atoms with Crippen molar-refractivity contribution in [1.29, 1.82) is 5.41 Å². The molecule has 2 amide bonds. The van der Waals surface area contributed by atoms with E-state index in [4.69, 9.17) is 27.5 Å². The number of esters is 1. The van der Waals surface area contributed by atoms with Gasteiger partial charge in [0.1, 0.15) is 5.84 Å². The van der Waals surface area contributed by atoms with Crippen LogP contribution in [-0.2, 0) is 32.2 Å². The molecule has 0 saturated heterocycles. The van der Waals surface area contributed by atoms with Gasteiger partial charge in [-0.1, -0.05) is 47.7 Å². The minimum Gasteiger partial charge on any atom is -0.466 e. The summed E-state index contributed by atoms with van der Waals surface area (Å²) in [6, 6.07) is 19.6. The number of nitrogens with two attached hydrogens (primary N) is 1. The first-order valence-electron chi connectivity index (χ1n) is 12.4. The Bertz CT molecular complexity index is 1470. The highest BCUT2D eigenvalue weighted by molar-refractivity contribution is 6.40. The molecule has 0 aliphatic carbocycles. The third kappa shape index (κ3) is 6.83. The third-order valence-corrected chi connectivity index (χ3v) is 6.39. The number of hydrogen-bond donors (Lipinski definition) is 2. The summed E-state index contributed by atoms with van der Waals surface area (Å²) in [6.07, 6.45) is -0.0187. The summed E-state index contributed by atoms with van der Waals surface area (Å²) in [5, 5.41) is 8.09. The highest BCUT2D eigenvalue weighted by Gasteiger charge is 2.34. The first-order chi connectivity index (χ1) is 18.7. The number of nitrogen functional groups attached to an aromatic ring is 1. The standard InChI is InChI=1S/C30H27ClN4O4/c1-2-39-27(36)15-16-34-19-24-17-21(4-3-20-5-10-23(11-6-20)28(32)33)9-14-26(24)35(30(38)29(34)37)18-22-7-12-25(31)13-8-22/h5-14,17H,2,15-16,18-19H2,1H3,(H3,32,33). The Morgan fingerprint density at radius 2 is 1.67 bits per heavy atom. The predicted molar refractivity (Wildman–Crippen MR) is 149 cm³/mol. The number of carbonyl (C=O) groups is 3. The van der Waals surface area contributed by atoms with Crippen LogP contribution in [-0.4, -0.2) is 41.7 Å². The highest BCUT2D eigenvalue weighted by Crippen LogP contribution is 2.29. The molecule has 0 saturated carbocycles. The number of amidine groups is 1. The third-order valence-electron chi connectivity index (χ3n) is 6.14. The van der Waals surface area contributed by atoms with Crippen molar-refractivity contribution < 1.29 is 19.1 Å². The molecule has 0 aromatic heterocycles. The second kappa shape index (κ2) is 12.3. The van der Waals surface area contributed by atoms with Crippen LogP contribution >= 0.6 is 11.6 Å². The second-order valence-electron chi connectivity index (χ2n) is 8.88. The highest BCUT2D eigenvalue weighted by atomic mass is 35.5. The summed E-state index contributed by atoms with van der Waals surface area (Å²) in [4.78, 5) is 41.4. The van der Waals surface area contributed by atoms with Gasteiger partial charge in [0.15, 0.2) is 0 Å². The maximum atomic E-state index is 13.4. The average molecular weight is 543 g/mol. The lowest BCUT2D eigenvalue weighted by molar-refractivity contribution is -0.147. The summed E-state index contributed by atoms with van der Waals surface area (Å²) in [5.41, 5.74) is 9.71. The Hall–Kier alpha value is -4.61. The quantitative estimate of drug-likeness (QED) is 0.155. The minimum atomic E-state index is -0.692. The molecule has 0 spiro atoms. The Balaban J connectivity index is 1.67. The topological polar surface area (TPSA) is 117 Å². The summed E-state index contributed by atoms with van der Waals surface area (Å²) in [6.45, 7) is 2.32. The molecule has 3 aromatic carbocycles. The predicted octanol–water partition coefficient (Wildman–Crippen LogP) is 3.85. The van der Waals surface area contributed by atoms with Crippen molar-refractivity contribution in [2.75, 3.05) is 18.1 Å². The second-order valence-corrected chi connectivity index (χ2v) is 9.32. The largest absolute Gasteiger partial charge is 0.466 e. The zero-order chi connectivity index (χ0) is 27.9. The Labute approximate surface area is 231 Å². The molecule has 198 valence electrons. The van der Waals surface area contributed by atoms with Crippen LogP contribution in [0.5, 0.6) is 0 Å². The van der Waals surface area contributed by atoms with Crippen molar-refractivity contribution in [3.05, 3.63) is 99.6 Å². The molecule has 1 heterocycles. The number of rotatable bonds is 7. The molecular formula is C30H27ClN4O4. The van der Waals surface area contributed by atoms with Gasteiger partial charge >= 0.3 is 17.8 Å². The number of amides is 2. The minimum absolute atomic E-state index is 0.0139. The van der Waals surface area contributed by atoms with Gasteiger partial charge in [0.25, 0.3) is 0 Å². The van der Waals surface area contributed by atoms with E-state index in [9.17, 15) is 14.4 Å². The fraction of sp³-hybridized carbons (Fsp3) is 0.200. The van der Waals surface area contributed by atoms with Crippen LogP contribution < -0.4 is 10.6 Å². The van der Waals surface area contributed by atoms with Crippen LogP contribution in [0.25, 0.3) is 0 Å². The molecule has 1 aliphatic rings. The lowest BCUT2D eigenvalue weighted by Crippen LogP contribution is -2.43. The van der Waals surface area contributed by atoms with E-state index >= 15 is 0 Å². The van der Waals surface area contributed by atoms with E-state index in [1.165, 1.54) is 9.80 Å². The summed E-state index contributed by atoms with van der Waals surface area (Å²) in [7, 11) is 0. The van der Waals surface area contributed by atoms with Crippen molar-refractivity contribution in [3.8, 4) is 11.8 Å². The summed E-state index contributed by atoms with van der Waals surface area (Å²) < 4.78 is 5.00. The SMILES string of the molecule is CCOC(=O)CCN1Cc2cc(C#Cc3ccc(C(=N)N)cc3)ccc2N(Cc2ccc(Cl)cc2)C(=O)C1=O. The van der Waals surface area contributed by atoms with E-state index in [0.717, 1.165) is 16.7 Å². The van der Waals surface area contributed by atoms with Crippen molar-refractivity contribution in [1.82, 2.24) is 4.90 Å². The summed E-state index contributed by atoms with van der Waals surface area (Å²) >= 11 is 6.02. The number of nitrogens with one attached hydrogen (secondary N) is 1. The van der Waals surface area contributed by atoms with Crippen LogP contribution in [0.3, 0.4) is 0 Å². The number of benzene rings is 3. The number of hydrogen-bond acceptors (Lipinski definition) is 5. The molecule has 4 rings (SSSR count). The Kier molecular flexibility index (Phi) is 8.64. The van der Waals surface area contributed by atoms with Gasteiger partial charge in [-0.2, -0.15) is 0 Å².